The van der Waals surface area contributed by atoms with E-state index in [-0.39, 0.29) is 21.6 Å². The van der Waals surface area contributed by atoms with Gasteiger partial charge < -0.3 is 4.57 Å². The Morgan fingerprint density at radius 1 is 1.09 bits per heavy atom. The van der Waals surface area contributed by atoms with Gasteiger partial charge >= 0.3 is 5.69 Å². The maximum Gasteiger partial charge on any atom is 0.329 e. The van der Waals surface area contributed by atoms with Gasteiger partial charge in [-0.1, -0.05) is 15.9 Å². The predicted molar refractivity (Wildman–Crippen MR) is 149 cm³/mol. The van der Waals surface area contributed by atoms with Crippen LogP contribution in [0.15, 0.2) is 52.0 Å². The highest BCUT2D eigenvalue weighted by Gasteiger charge is 2.32. The summed E-state index contributed by atoms with van der Waals surface area (Å²) in [6.45, 7) is 8.88. The molecule has 5 rings (SSSR count). The molecule has 0 spiro atoms. The van der Waals surface area contributed by atoms with Crippen LogP contribution in [0.25, 0.3) is 21.9 Å². The molecular weight excluding hydrogens is 524 g/mol. The van der Waals surface area contributed by atoms with Crippen LogP contribution in [-0.2, 0) is 28.4 Å². The van der Waals surface area contributed by atoms with Gasteiger partial charge in [-0.2, -0.15) is 4.18 Å². The number of unbranched alkanes of at least 4 members (excludes halogenated alkanes) is 1. The SMILES string of the molecule is C[S+](OCCCCn1c(Cn2c(=O)n(C3CC3)c3ccncc32)cc2cc(Br)ccc21)C(C)(C)C. The zero-order valence-electron chi connectivity index (χ0n) is 21.0. The fourth-order valence-corrected chi connectivity index (χ4v) is 5.65. The monoisotopic (exact) mass is 557 g/mol. The van der Waals surface area contributed by atoms with Gasteiger partial charge in [-0.25, -0.2) is 4.79 Å². The molecule has 4 aromatic rings. The third-order valence-corrected chi connectivity index (χ3v) is 9.58. The Hall–Kier alpha value is -2.03. The molecule has 8 heteroatoms. The highest BCUT2D eigenvalue weighted by Crippen LogP contribution is 2.36. The number of imidazole rings is 1. The van der Waals surface area contributed by atoms with Crippen LogP contribution in [-0.4, -0.2) is 36.3 Å². The van der Waals surface area contributed by atoms with Gasteiger partial charge in [-0.15, -0.1) is 0 Å². The highest BCUT2D eigenvalue weighted by atomic mass is 79.9. The summed E-state index contributed by atoms with van der Waals surface area (Å²) >= 11 is 3.56. The molecule has 1 unspecified atom stereocenters. The molecule has 3 heterocycles. The fourth-order valence-electron chi connectivity index (χ4n) is 4.55. The van der Waals surface area contributed by atoms with Crippen molar-refractivity contribution in [1.29, 1.82) is 0 Å². The van der Waals surface area contributed by atoms with Crippen LogP contribution >= 0.6 is 15.9 Å². The molecule has 1 aliphatic carbocycles. The van der Waals surface area contributed by atoms with E-state index in [1.54, 1.807) is 6.20 Å². The van der Waals surface area contributed by atoms with Crippen molar-refractivity contribution >= 4 is 49.0 Å². The van der Waals surface area contributed by atoms with Crippen LogP contribution in [0.5, 0.6) is 0 Å². The Kier molecular flexibility index (Phi) is 6.90. The average molecular weight is 559 g/mol. The number of hydrogen-bond acceptors (Lipinski definition) is 3. The summed E-state index contributed by atoms with van der Waals surface area (Å²) in [5, 5.41) is 1.19. The minimum absolute atomic E-state index is 0.0544. The molecule has 0 aliphatic heterocycles. The Labute approximate surface area is 218 Å². The van der Waals surface area contributed by atoms with Gasteiger partial charge in [0.2, 0.25) is 0 Å². The van der Waals surface area contributed by atoms with Gasteiger partial charge in [0.25, 0.3) is 0 Å². The van der Waals surface area contributed by atoms with Gasteiger partial charge in [0.15, 0.2) is 4.75 Å². The largest absolute Gasteiger partial charge is 0.343 e. The standard InChI is InChI=1S/C27H34BrN4O2S/c1-27(2,3)35(4)34-14-6-5-13-30-22(16-19-15-20(28)7-10-23(19)30)18-31-25-17-29-12-11-24(25)32(26(31)33)21-8-9-21/h7,10-12,15-17,21H,5-6,8-9,13-14,18H2,1-4H3/q+1. The van der Waals surface area contributed by atoms with E-state index in [1.807, 2.05) is 21.4 Å². The number of pyridine rings is 1. The van der Waals surface area contributed by atoms with Crippen molar-refractivity contribution in [3.8, 4) is 0 Å². The number of rotatable bonds is 9. The maximum atomic E-state index is 13.5. The summed E-state index contributed by atoms with van der Waals surface area (Å²) in [5.74, 6) is 0. The van der Waals surface area contributed by atoms with E-state index in [9.17, 15) is 4.79 Å². The second-order valence-corrected chi connectivity index (χ2v) is 13.7. The number of aryl methyl sites for hydroxylation is 1. The summed E-state index contributed by atoms with van der Waals surface area (Å²) in [6.07, 6.45) is 9.97. The van der Waals surface area contributed by atoms with Gasteiger partial charge in [-0.05, 0) is 76.8 Å². The molecule has 0 radical (unpaired) electrons. The number of hydrogen-bond donors (Lipinski definition) is 0. The molecule has 1 saturated carbocycles. The molecular formula is C27H34BrN4O2S+. The van der Waals surface area contributed by atoms with E-state index in [1.165, 1.54) is 10.9 Å². The lowest BCUT2D eigenvalue weighted by molar-refractivity contribution is 0.335. The van der Waals surface area contributed by atoms with Gasteiger partial charge in [-0.3, -0.25) is 14.1 Å². The average Bonchev–Trinajstić information content (AvgIpc) is 3.53. The lowest BCUT2D eigenvalue weighted by atomic mass is 10.2. The van der Waals surface area contributed by atoms with Crippen molar-refractivity contribution in [2.45, 2.75) is 70.3 Å². The summed E-state index contributed by atoms with van der Waals surface area (Å²) in [5.41, 5.74) is 4.31. The fraction of sp³-hybridized carbons (Fsp3) is 0.481. The Bertz CT molecular complexity index is 1410. The van der Waals surface area contributed by atoms with Crippen molar-refractivity contribution in [3.63, 3.8) is 0 Å². The summed E-state index contributed by atoms with van der Waals surface area (Å²) in [7, 11) is 0. The molecule has 3 aromatic heterocycles. The maximum absolute atomic E-state index is 13.5. The highest BCUT2D eigenvalue weighted by molar-refractivity contribution is 9.10. The summed E-state index contributed by atoms with van der Waals surface area (Å²) < 4.78 is 13.6. The van der Waals surface area contributed by atoms with Crippen molar-refractivity contribution in [3.05, 3.63) is 63.4 Å². The molecule has 1 fully saturated rings. The number of nitrogens with zero attached hydrogens (tertiary/aromatic N) is 4. The second-order valence-electron chi connectivity index (χ2n) is 10.4. The third-order valence-electron chi connectivity index (χ3n) is 6.84. The molecule has 0 saturated heterocycles. The van der Waals surface area contributed by atoms with E-state index >= 15 is 0 Å². The van der Waals surface area contributed by atoms with Crippen LogP contribution in [0, 0.1) is 0 Å². The zero-order valence-corrected chi connectivity index (χ0v) is 23.4. The van der Waals surface area contributed by atoms with Crippen LogP contribution in [0.4, 0.5) is 0 Å². The normalized spacial score (nSPS) is 15.3. The van der Waals surface area contributed by atoms with E-state index < -0.39 is 0 Å². The van der Waals surface area contributed by atoms with Gasteiger partial charge in [0.1, 0.15) is 24.0 Å². The van der Waals surface area contributed by atoms with Crippen LogP contribution in [0.2, 0.25) is 0 Å². The van der Waals surface area contributed by atoms with Gasteiger partial charge in [0.05, 0.1) is 23.8 Å². The number of halogens is 1. The molecule has 1 aliphatic rings. The van der Waals surface area contributed by atoms with Crippen molar-refractivity contribution < 1.29 is 4.18 Å². The second kappa shape index (κ2) is 9.79. The smallest absolute Gasteiger partial charge is 0.329 e. The summed E-state index contributed by atoms with van der Waals surface area (Å²) in [6, 6.07) is 10.9. The molecule has 1 atom stereocenters. The third kappa shape index (κ3) is 5.11. The number of aromatic nitrogens is 4. The Morgan fingerprint density at radius 2 is 1.89 bits per heavy atom. The minimum atomic E-state index is -0.0544. The first-order valence-electron chi connectivity index (χ1n) is 12.4. The minimum Gasteiger partial charge on any atom is -0.343 e. The van der Waals surface area contributed by atoms with E-state index in [0.29, 0.717) is 12.6 Å². The molecule has 0 bridgehead atoms. The van der Waals surface area contributed by atoms with Crippen molar-refractivity contribution in [2.24, 2.45) is 0 Å². The number of fused-ring (bicyclic) bond motifs is 2. The first-order chi connectivity index (χ1) is 16.7. The van der Waals surface area contributed by atoms with Crippen LogP contribution < -0.4 is 5.69 Å². The molecule has 6 nitrogen and oxygen atoms in total. The topological polar surface area (TPSA) is 54.0 Å². The molecule has 186 valence electrons. The lowest BCUT2D eigenvalue weighted by Gasteiger charge is -2.16. The van der Waals surface area contributed by atoms with E-state index in [0.717, 1.165) is 60.0 Å². The predicted octanol–water partition coefficient (Wildman–Crippen LogP) is 6.06. The lowest BCUT2D eigenvalue weighted by Crippen LogP contribution is -2.29. The molecule has 1 aromatic carbocycles. The number of benzene rings is 1. The van der Waals surface area contributed by atoms with Gasteiger partial charge in [0, 0.05) is 39.9 Å². The van der Waals surface area contributed by atoms with Crippen molar-refractivity contribution in [2.75, 3.05) is 12.9 Å². The Morgan fingerprint density at radius 3 is 2.63 bits per heavy atom. The van der Waals surface area contributed by atoms with Crippen LogP contribution in [0.1, 0.15) is 58.2 Å². The van der Waals surface area contributed by atoms with Crippen molar-refractivity contribution in [1.82, 2.24) is 18.7 Å². The first kappa shape index (κ1) is 24.7. The molecule has 0 amide bonds. The first-order valence-corrected chi connectivity index (χ1v) is 14.7. The van der Waals surface area contributed by atoms with Crippen LogP contribution in [0.3, 0.4) is 0 Å². The molecule has 0 N–H and O–H groups in total. The van der Waals surface area contributed by atoms with E-state index in [2.05, 4.69) is 76.8 Å². The molecule has 35 heavy (non-hydrogen) atoms. The summed E-state index contributed by atoms with van der Waals surface area (Å²) in [4.78, 5) is 17.8. The van der Waals surface area contributed by atoms with E-state index in [4.69, 9.17) is 4.18 Å². The quantitative estimate of drug-likeness (QED) is 0.186. The Balaban J connectivity index is 1.42. The zero-order chi connectivity index (χ0) is 24.7.